The maximum Gasteiger partial charge on any atom is 0.244 e. The lowest BCUT2D eigenvalue weighted by Crippen LogP contribution is -2.22. The Kier molecular flexibility index (Phi) is 2.36. The van der Waals surface area contributed by atoms with Gasteiger partial charge in [0.25, 0.3) is 0 Å². The number of nitriles is 1. The van der Waals surface area contributed by atoms with Crippen LogP contribution in [0, 0.1) is 16.7 Å². The average Bonchev–Trinajstić information content (AvgIpc) is 3.14. The van der Waals surface area contributed by atoms with Gasteiger partial charge in [0.05, 0.1) is 12.5 Å². The summed E-state index contributed by atoms with van der Waals surface area (Å²) in [5.74, 6) is -0.193. The van der Waals surface area contributed by atoms with Crippen LogP contribution in [-0.4, -0.2) is 18.9 Å². The number of amides is 2. The van der Waals surface area contributed by atoms with Crippen LogP contribution in [-0.2, 0) is 16.0 Å². The maximum atomic E-state index is 11.9. The zero-order valence-corrected chi connectivity index (χ0v) is 10.6. The van der Waals surface area contributed by atoms with Crippen molar-refractivity contribution in [1.29, 1.82) is 5.26 Å². The van der Waals surface area contributed by atoms with Gasteiger partial charge in [-0.1, -0.05) is 0 Å². The highest BCUT2D eigenvalue weighted by Gasteiger charge is 2.50. The van der Waals surface area contributed by atoms with Crippen LogP contribution in [0.1, 0.15) is 18.4 Å². The quantitative estimate of drug-likeness (QED) is 0.869. The highest BCUT2D eigenvalue weighted by molar-refractivity contribution is 6.03. The Bertz CT molecular complexity index is 626. The topological polar surface area (TPSA) is 73.2 Å². The van der Waals surface area contributed by atoms with Crippen LogP contribution < -0.4 is 10.2 Å². The van der Waals surface area contributed by atoms with E-state index < -0.39 is 5.41 Å². The van der Waals surface area contributed by atoms with E-state index in [2.05, 4.69) is 11.4 Å². The number of hydrogen-bond donors (Lipinski definition) is 1. The molecule has 96 valence electrons. The molecule has 1 heterocycles. The first-order chi connectivity index (χ1) is 9.05. The molecule has 3 rings (SSSR count). The van der Waals surface area contributed by atoms with Crippen molar-refractivity contribution in [3.63, 3.8) is 0 Å². The van der Waals surface area contributed by atoms with E-state index in [0.29, 0.717) is 24.9 Å². The number of likely N-dealkylation sites (N-methyl/N-ethyl adjacent to an activating group) is 1. The fourth-order valence-corrected chi connectivity index (χ4v) is 2.31. The van der Waals surface area contributed by atoms with E-state index in [1.54, 1.807) is 18.0 Å². The summed E-state index contributed by atoms with van der Waals surface area (Å²) in [5.41, 5.74) is 1.61. The van der Waals surface area contributed by atoms with E-state index in [0.717, 1.165) is 11.3 Å². The van der Waals surface area contributed by atoms with Crippen LogP contribution in [0.4, 0.5) is 11.4 Å². The first-order valence-corrected chi connectivity index (χ1v) is 6.18. The van der Waals surface area contributed by atoms with Crippen molar-refractivity contribution < 1.29 is 9.59 Å². The third-order valence-corrected chi connectivity index (χ3v) is 3.81. The minimum absolute atomic E-state index is 0.0502. The summed E-state index contributed by atoms with van der Waals surface area (Å²) in [6, 6.07) is 7.46. The predicted octanol–water partition coefficient (Wildman–Crippen LogP) is 1.45. The summed E-state index contributed by atoms with van der Waals surface area (Å²) < 4.78 is 0. The second-order valence-corrected chi connectivity index (χ2v) is 5.12. The largest absolute Gasteiger partial charge is 0.325 e. The number of nitrogens with one attached hydrogen (secondary N) is 1. The minimum Gasteiger partial charge on any atom is -0.325 e. The Morgan fingerprint density at radius 2 is 2.21 bits per heavy atom. The number of anilines is 2. The maximum absolute atomic E-state index is 11.9. The number of benzene rings is 1. The summed E-state index contributed by atoms with van der Waals surface area (Å²) in [5, 5.41) is 11.7. The lowest BCUT2D eigenvalue weighted by atomic mass is 10.1. The van der Waals surface area contributed by atoms with Gasteiger partial charge in [-0.3, -0.25) is 9.59 Å². The van der Waals surface area contributed by atoms with E-state index in [4.69, 9.17) is 5.26 Å². The van der Waals surface area contributed by atoms with Gasteiger partial charge in [-0.25, -0.2) is 0 Å². The first kappa shape index (κ1) is 11.7. The Balaban J connectivity index is 1.82. The molecular weight excluding hydrogens is 242 g/mol. The molecule has 1 aromatic carbocycles. The Labute approximate surface area is 110 Å². The molecule has 1 N–H and O–H groups in total. The molecule has 0 atom stereocenters. The van der Waals surface area contributed by atoms with Crippen molar-refractivity contribution in [3.05, 3.63) is 23.8 Å². The zero-order chi connectivity index (χ0) is 13.6. The predicted molar refractivity (Wildman–Crippen MR) is 69.5 cm³/mol. The van der Waals surface area contributed by atoms with E-state index in [1.165, 1.54) is 0 Å². The molecule has 1 aromatic rings. The second-order valence-electron chi connectivity index (χ2n) is 5.12. The van der Waals surface area contributed by atoms with Gasteiger partial charge in [-0.15, -0.1) is 0 Å². The van der Waals surface area contributed by atoms with Crippen LogP contribution >= 0.6 is 0 Å². The summed E-state index contributed by atoms with van der Waals surface area (Å²) >= 11 is 0. The van der Waals surface area contributed by atoms with E-state index in [-0.39, 0.29) is 11.8 Å². The summed E-state index contributed by atoms with van der Waals surface area (Å²) in [6.45, 7) is 0. The molecule has 0 radical (unpaired) electrons. The molecule has 0 unspecified atom stereocenters. The van der Waals surface area contributed by atoms with Gasteiger partial charge in [-0.05, 0) is 36.6 Å². The molecule has 5 nitrogen and oxygen atoms in total. The van der Waals surface area contributed by atoms with Gasteiger partial charge in [0.1, 0.15) is 5.41 Å². The fraction of sp³-hybridized carbons (Fsp3) is 0.357. The number of carbonyl (C=O) groups excluding carboxylic acids is 2. The molecule has 0 saturated heterocycles. The van der Waals surface area contributed by atoms with Crippen LogP contribution in [0.2, 0.25) is 0 Å². The van der Waals surface area contributed by atoms with Gasteiger partial charge in [0.2, 0.25) is 11.8 Å². The van der Waals surface area contributed by atoms with Crippen molar-refractivity contribution in [2.24, 2.45) is 5.41 Å². The Morgan fingerprint density at radius 1 is 1.47 bits per heavy atom. The standard InChI is InChI=1S/C14H13N3O2/c1-17-11-3-2-10(6-9(11)7-12(17)18)16-13(19)14(8-15)4-5-14/h2-3,6H,4-5,7H2,1H3,(H,16,19). The van der Waals surface area contributed by atoms with Crippen LogP contribution in [0.15, 0.2) is 18.2 Å². The Hall–Kier alpha value is -2.35. The summed E-state index contributed by atoms with van der Waals surface area (Å²) in [6.07, 6.45) is 1.61. The number of nitrogens with zero attached hydrogens (tertiary/aromatic N) is 2. The number of carbonyl (C=O) groups is 2. The highest BCUT2D eigenvalue weighted by Crippen LogP contribution is 2.45. The van der Waals surface area contributed by atoms with Crippen molar-refractivity contribution in [3.8, 4) is 6.07 Å². The Morgan fingerprint density at radius 3 is 2.84 bits per heavy atom. The molecule has 0 aromatic heterocycles. The van der Waals surface area contributed by atoms with Gasteiger partial charge >= 0.3 is 0 Å². The molecule has 1 aliphatic heterocycles. The van der Waals surface area contributed by atoms with E-state index >= 15 is 0 Å². The SMILES string of the molecule is CN1C(=O)Cc2cc(NC(=O)C3(C#N)CC3)ccc21. The van der Waals surface area contributed by atoms with Crippen LogP contribution in [0.3, 0.4) is 0 Å². The molecule has 0 spiro atoms. The van der Waals surface area contributed by atoms with Gasteiger partial charge in [0.15, 0.2) is 0 Å². The van der Waals surface area contributed by atoms with Crippen molar-refractivity contribution in [2.75, 3.05) is 17.3 Å². The lowest BCUT2D eigenvalue weighted by Gasteiger charge is -2.12. The average molecular weight is 255 g/mol. The molecule has 0 bridgehead atoms. The number of hydrogen-bond acceptors (Lipinski definition) is 3. The van der Waals surface area contributed by atoms with Crippen LogP contribution in [0.25, 0.3) is 0 Å². The first-order valence-electron chi connectivity index (χ1n) is 6.18. The molecule has 5 heteroatoms. The van der Waals surface area contributed by atoms with E-state index in [1.807, 2.05) is 12.1 Å². The summed E-state index contributed by atoms with van der Waals surface area (Å²) in [7, 11) is 1.74. The summed E-state index contributed by atoms with van der Waals surface area (Å²) in [4.78, 5) is 25.1. The third-order valence-electron chi connectivity index (χ3n) is 3.81. The highest BCUT2D eigenvalue weighted by atomic mass is 16.2. The number of fused-ring (bicyclic) bond motifs is 1. The number of rotatable bonds is 2. The fourth-order valence-electron chi connectivity index (χ4n) is 2.31. The lowest BCUT2D eigenvalue weighted by molar-refractivity contribution is -0.119. The molecule has 2 amide bonds. The molecule has 1 aliphatic carbocycles. The third kappa shape index (κ3) is 1.76. The van der Waals surface area contributed by atoms with Gasteiger partial charge in [0, 0.05) is 18.4 Å². The van der Waals surface area contributed by atoms with E-state index in [9.17, 15) is 9.59 Å². The van der Waals surface area contributed by atoms with Gasteiger partial charge < -0.3 is 10.2 Å². The van der Waals surface area contributed by atoms with Crippen molar-refractivity contribution >= 4 is 23.2 Å². The molecule has 2 aliphatic rings. The monoisotopic (exact) mass is 255 g/mol. The molecule has 1 fully saturated rings. The zero-order valence-electron chi connectivity index (χ0n) is 10.6. The molecule has 1 saturated carbocycles. The van der Waals surface area contributed by atoms with Crippen molar-refractivity contribution in [2.45, 2.75) is 19.3 Å². The smallest absolute Gasteiger partial charge is 0.244 e. The van der Waals surface area contributed by atoms with Crippen molar-refractivity contribution in [1.82, 2.24) is 0 Å². The van der Waals surface area contributed by atoms with Crippen LogP contribution in [0.5, 0.6) is 0 Å². The van der Waals surface area contributed by atoms with Gasteiger partial charge in [-0.2, -0.15) is 5.26 Å². The minimum atomic E-state index is -0.828. The molecular formula is C14H13N3O2. The normalized spacial score (nSPS) is 18.7. The second kappa shape index (κ2) is 3.82. The molecule has 19 heavy (non-hydrogen) atoms.